The fourth-order valence-corrected chi connectivity index (χ4v) is 4.88. The molecule has 0 radical (unpaired) electrons. The molecule has 1 unspecified atom stereocenters. The van der Waals surface area contributed by atoms with E-state index in [2.05, 4.69) is 0 Å². The summed E-state index contributed by atoms with van der Waals surface area (Å²) in [6, 6.07) is 14.7. The van der Waals surface area contributed by atoms with Gasteiger partial charge in [0.1, 0.15) is 0 Å². The lowest BCUT2D eigenvalue weighted by Crippen LogP contribution is -2.41. The molecule has 172 valence electrons. The lowest BCUT2D eigenvalue weighted by atomic mass is 9.62. The van der Waals surface area contributed by atoms with Crippen LogP contribution in [0.5, 0.6) is 0 Å². The van der Waals surface area contributed by atoms with Gasteiger partial charge in [-0.1, -0.05) is 48.4 Å². The average Bonchev–Trinajstić information content (AvgIpc) is 3.15. The molecule has 0 N–H and O–H groups in total. The normalized spacial score (nSPS) is 19.5. The van der Waals surface area contributed by atoms with Gasteiger partial charge in [0, 0.05) is 18.0 Å². The maximum absolute atomic E-state index is 13.2. The minimum atomic E-state index is -0.462. The molecule has 0 aromatic heterocycles. The smallest absolute Gasteiger partial charge is 0.337 e. The lowest BCUT2D eigenvalue weighted by Gasteiger charge is -2.40. The minimum absolute atomic E-state index is 0.0712. The highest BCUT2D eigenvalue weighted by atomic mass is 35.5. The number of rotatable bonds is 8. The van der Waals surface area contributed by atoms with Gasteiger partial charge in [-0.25, -0.2) is 4.79 Å². The quantitative estimate of drug-likeness (QED) is 0.410. The summed E-state index contributed by atoms with van der Waals surface area (Å²) in [6.45, 7) is 0.571. The van der Waals surface area contributed by atoms with Gasteiger partial charge in [0.25, 0.3) is 0 Å². The third-order valence-corrected chi connectivity index (χ3v) is 7.19. The van der Waals surface area contributed by atoms with Crippen LogP contribution in [0.25, 0.3) is 0 Å². The Hall–Kier alpha value is -2.92. The number of amides is 1. The summed E-state index contributed by atoms with van der Waals surface area (Å²) in [5.41, 5.74) is 2.10. The first kappa shape index (κ1) is 23.2. The van der Waals surface area contributed by atoms with Crippen LogP contribution in [0.4, 0.5) is 0 Å². The van der Waals surface area contributed by atoms with E-state index in [0.29, 0.717) is 30.0 Å². The zero-order valence-electron chi connectivity index (χ0n) is 18.8. The van der Waals surface area contributed by atoms with E-state index in [1.54, 1.807) is 18.2 Å². The number of carbonyl (C=O) groups excluding carboxylic acids is 3. The first-order valence-electron chi connectivity index (χ1n) is 11.4. The predicted molar refractivity (Wildman–Crippen MR) is 127 cm³/mol. The molecule has 0 spiro atoms. The summed E-state index contributed by atoms with van der Waals surface area (Å²) < 4.78 is 4.73. The Bertz CT molecular complexity index is 1050. The van der Waals surface area contributed by atoms with E-state index in [1.807, 2.05) is 47.4 Å². The van der Waals surface area contributed by atoms with Gasteiger partial charge in [-0.2, -0.15) is 0 Å². The molecular formula is C27H28ClNO4. The maximum atomic E-state index is 13.2. The highest BCUT2D eigenvalue weighted by Gasteiger charge is 2.44. The predicted octanol–water partition coefficient (Wildman–Crippen LogP) is 4.91. The zero-order valence-corrected chi connectivity index (χ0v) is 19.5. The summed E-state index contributed by atoms with van der Waals surface area (Å²) >= 11 is 6.02. The summed E-state index contributed by atoms with van der Waals surface area (Å²) in [6.07, 6.45) is 8.20. The molecule has 1 amide bonds. The van der Waals surface area contributed by atoms with Crippen molar-refractivity contribution in [2.45, 2.75) is 50.0 Å². The number of benzene rings is 2. The summed E-state index contributed by atoms with van der Waals surface area (Å²) in [4.78, 5) is 39.1. The van der Waals surface area contributed by atoms with E-state index in [0.717, 1.165) is 36.8 Å². The number of esters is 1. The molecule has 6 heteroatoms. The van der Waals surface area contributed by atoms with Crippen LogP contribution in [0.1, 0.15) is 53.6 Å². The Morgan fingerprint density at radius 1 is 1.12 bits per heavy atom. The molecule has 2 aliphatic rings. The first-order chi connectivity index (χ1) is 15.9. The second kappa shape index (κ2) is 9.92. The Labute approximate surface area is 199 Å². The van der Waals surface area contributed by atoms with E-state index in [1.165, 1.54) is 7.11 Å². The molecule has 2 aromatic carbocycles. The van der Waals surface area contributed by atoms with Crippen LogP contribution in [-0.4, -0.2) is 42.3 Å². The van der Waals surface area contributed by atoms with Crippen LogP contribution in [0, 0.1) is 0 Å². The largest absolute Gasteiger partial charge is 0.465 e. The number of methoxy groups -OCH3 is 1. The fraction of sp³-hybridized carbons (Fsp3) is 0.370. The number of halogens is 1. The van der Waals surface area contributed by atoms with Gasteiger partial charge < -0.3 is 9.64 Å². The number of ether oxygens (including phenoxy) is 1. The third kappa shape index (κ3) is 4.88. The summed E-state index contributed by atoms with van der Waals surface area (Å²) in [5.74, 6) is -0.151. The average molecular weight is 466 g/mol. The number of likely N-dealkylation sites (tertiary alicyclic amines) is 1. The third-order valence-electron chi connectivity index (χ3n) is 6.94. The molecule has 1 aliphatic heterocycles. The van der Waals surface area contributed by atoms with Crippen molar-refractivity contribution in [1.29, 1.82) is 0 Å². The number of hydrogen-bond donors (Lipinski definition) is 0. The Morgan fingerprint density at radius 2 is 1.82 bits per heavy atom. The highest BCUT2D eigenvalue weighted by molar-refractivity contribution is 6.30. The number of hydrogen-bond acceptors (Lipinski definition) is 4. The number of ketones is 1. The number of allylic oxidation sites excluding steroid dienone is 1. The number of carbonyl (C=O) groups is 3. The van der Waals surface area contributed by atoms with Gasteiger partial charge in [-0.3, -0.25) is 9.59 Å². The van der Waals surface area contributed by atoms with Crippen molar-refractivity contribution in [1.82, 2.24) is 4.90 Å². The second-order valence-electron chi connectivity index (χ2n) is 8.80. The minimum Gasteiger partial charge on any atom is -0.465 e. The van der Waals surface area contributed by atoms with Crippen LogP contribution in [0.3, 0.4) is 0 Å². The van der Waals surface area contributed by atoms with E-state index in [4.69, 9.17) is 16.3 Å². The van der Waals surface area contributed by atoms with Gasteiger partial charge in [0.2, 0.25) is 5.91 Å². The van der Waals surface area contributed by atoms with Gasteiger partial charge in [-0.05, 0) is 67.2 Å². The van der Waals surface area contributed by atoms with E-state index in [-0.39, 0.29) is 23.7 Å². The SMILES string of the molecule is COC(=O)c1ccc(CCN2C(=O)CCC2C=CC(=O)C2(c3ccc(Cl)cc3)CCC2)cc1. The van der Waals surface area contributed by atoms with E-state index in [9.17, 15) is 14.4 Å². The molecule has 5 nitrogen and oxygen atoms in total. The van der Waals surface area contributed by atoms with Crippen LogP contribution < -0.4 is 0 Å². The molecule has 1 heterocycles. The monoisotopic (exact) mass is 465 g/mol. The molecule has 33 heavy (non-hydrogen) atoms. The summed E-state index contributed by atoms with van der Waals surface area (Å²) in [7, 11) is 1.36. The Morgan fingerprint density at radius 3 is 2.42 bits per heavy atom. The highest BCUT2D eigenvalue weighted by Crippen LogP contribution is 2.45. The number of nitrogens with zero attached hydrogens (tertiary/aromatic N) is 1. The van der Waals surface area contributed by atoms with Crippen molar-refractivity contribution in [3.05, 3.63) is 82.4 Å². The molecule has 0 bridgehead atoms. The van der Waals surface area contributed by atoms with Crippen molar-refractivity contribution in [3.8, 4) is 0 Å². The maximum Gasteiger partial charge on any atom is 0.337 e. The van der Waals surface area contributed by atoms with E-state index >= 15 is 0 Å². The Kier molecular flexibility index (Phi) is 6.99. The Balaban J connectivity index is 1.40. The molecule has 1 aliphatic carbocycles. The molecular weight excluding hydrogens is 438 g/mol. The van der Waals surface area contributed by atoms with Crippen LogP contribution >= 0.6 is 11.6 Å². The molecule has 1 saturated carbocycles. The van der Waals surface area contributed by atoms with Crippen LogP contribution in [0.2, 0.25) is 5.02 Å². The van der Waals surface area contributed by atoms with Crippen molar-refractivity contribution < 1.29 is 19.1 Å². The van der Waals surface area contributed by atoms with Crippen molar-refractivity contribution >= 4 is 29.3 Å². The van der Waals surface area contributed by atoms with Gasteiger partial charge in [-0.15, -0.1) is 0 Å². The lowest BCUT2D eigenvalue weighted by molar-refractivity contribution is -0.128. The van der Waals surface area contributed by atoms with Crippen molar-refractivity contribution in [2.24, 2.45) is 0 Å². The summed E-state index contributed by atoms with van der Waals surface area (Å²) in [5, 5.41) is 0.663. The second-order valence-corrected chi connectivity index (χ2v) is 9.23. The van der Waals surface area contributed by atoms with E-state index < -0.39 is 5.41 Å². The van der Waals surface area contributed by atoms with Gasteiger partial charge in [0.15, 0.2) is 5.78 Å². The van der Waals surface area contributed by atoms with Crippen LogP contribution in [-0.2, 0) is 26.2 Å². The van der Waals surface area contributed by atoms with Gasteiger partial charge in [0.05, 0.1) is 24.1 Å². The molecule has 2 fully saturated rings. The van der Waals surface area contributed by atoms with Crippen molar-refractivity contribution in [2.75, 3.05) is 13.7 Å². The van der Waals surface area contributed by atoms with Gasteiger partial charge >= 0.3 is 5.97 Å². The molecule has 4 rings (SSSR count). The zero-order chi connectivity index (χ0) is 23.4. The first-order valence-corrected chi connectivity index (χ1v) is 11.8. The molecule has 1 atom stereocenters. The fourth-order valence-electron chi connectivity index (χ4n) is 4.76. The molecule has 2 aromatic rings. The topological polar surface area (TPSA) is 63.7 Å². The molecule has 1 saturated heterocycles. The standard InChI is InChI=1S/C27H28ClNO4/c1-33-26(32)20-5-3-19(4-6-20)15-18-29-23(12-14-25(29)31)11-13-24(30)27(16-2-17-27)21-7-9-22(28)10-8-21/h3-11,13,23H,2,12,14-18H2,1H3. The van der Waals surface area contributed by atoms with Crippen molar-refractivity contribution in [3.63, 3.8) is 0 Å². The van der Waals surface area contributed by atoms with Crippen LogP contribution in [0.15, 0.2) is 60.7 Å².